The zero-order chi connectivity index (χ0) is 17.7. The van der Waals surface area contributed by atoms with Crippen molar-refractivity contribution >= 4 is 6.03 Å². The molecule has 0 atom stereocenters. The quantitative estimate of drug-likeness (QED) is 0.810. The molecule has 5 heteroatoms. The molecule has 25 heavy (non-hydrogen) atoms. The maximum Gasteiger partial charge on any atom is 0.314 e. The smallest absolute Gasteiger partial charge is 0.314 e. The molecule has 1 aliphatic rings. The fourth-order valence-electron chi connectivity index (χ4n) is 2.95. The van der Waals surface area contributed by atoms with Crippen LogP contribution in [0.1, 0.15) is 24.0 Å². The normalized spacial score (nSPS) is 14.6. The molecule has 0 aromatic heterocycles. The van der Waals surface area contributed by atoms with Crippen LogP contribution in [0.4, 0.5) is 9.18 Å². The summed E-state index contributed by atoms with van der Waals surface area (Å²) in [6.07, 6.45) is 2.80. The van der Waals surface area contributed by atoms with E-state index in [1.54, 1.807) is 7.11 Å². The number of rotatable bonds is 7. The van der Waals surface area contributed by atoms with E-state index in [0.717, 1.165) is 36.1 Å². The third-order valence-electron chi connectivity index (χ3n) is 4.76. The molecule has 0 aliphatic heterocycles. The van der Waals surface area contributed by atoms with Gasteiger partial charge in [0.15, 0.2) is 0 Å². The Labute approximate surface area is 147 Å². The van der Waals surface area contributed by atoms with Gasteiger partial charge in [0.2, 0.25) is 0 Å². The molecule has 2 N–H and O–H groups in total. The first-order valence-electron chi connectivity index (χ1n) is 8.52. The van der Waals surface area contributed by atoms with Crippen LogP contribution in [0.25, 0.3) is 0 Å². The van der Waals surface area contributed by atoms with Crippen LogP contribution in [-0.2, 0) is 11.8 Å². The molecule has 0 heterocycles. The summed E-state index contributed by atoms with van der Waals surface area (Å²) in [4.78, 5) is 12.0. The fourth-order valence-corrected chi connectivity index (χ4v) is 2.95. The van der Waals surface area contributed by atoms with Crippen molar-refractivity contribution in [2.24, 2.45) is 0 Å². The summed E-state index contributed by atoms with van der Waals surface area (Å²) in [6.45, 7) is 1.15. The van der Waals surface area contributed by atoms with Gasteiger partial charge >= 0.3 is 6.03 Å². The second kappa shape index (κ2) is 7.55. The van der Waals surface area contributed by atoms with Gasteiger partial charge in [-0.1, -0.05) is 24.3 Å². The minimum Gasteiger partial charge on any atom is -0.497 e. The van der Waals surface area contributed by atoms with Gasteiger partial charge in [-0.15, -0.1) is 0 Å². The molecular formula is C20H23FN2O2. The topological polar surface area (TPSA) is 50.4 Å². The van der Waals surface area contributed by atoms with Crippen LogP contribution < -0.4 is 15.4 Å². The van der Waals surface area contributed by atoms with Crippen molar-refractivity contribution in [3.05, 3.63) is 65.5 Å². The zero-order valence-electron chi connectivity index (χ0n) is 14.3. The van der Waals surface area contributed by atoms with Crippen LogP contribution in [-0.4, -0.2) is 26.2 Å². The number of benzene rings is 2. The molecule has 4 nitrogen and oxygen atoms in total. The average molecular weight is 342 g/mol. The Hall–Kier alpha value is -2.56. The van der Waals surface area contributed by atoms with E-state index in [4.69, 9.17) is 4.74 Å². The number of hydrogen-bond donors (Lipinski definition) is 2. The number of amides is 2. The molecule has 0 unspecified atom stereocenters. The highest BCUT2D eigenvalue weighted by molar-refractivity contribution is 5.74. The largest absolute Gasteiger partial charge is 0.497 e. The lowest BCUT2D eigenvalue weighted by Gasteiger charge is -2.17. The molecule has 0 spiro atoms. The maximum atomic E-state index is 13.0. The number of nitrogens with one attached hydrogen (secondary N) is 2. The summed E-state index contributed by atoms with van der Waals surface area (Å²) in [5.41, 5.74) is 2.21. The summed E-state index contributed by atoms with van der Waals surface area (Å²) in [5.74, 6) is 0.591. The number of carbonyl (C=O) groups excluding carboxylic acids is 1. The summed E-state index contributed by atoms with van der Waals surface area (Å²) in [6, 6.07) is 14.2. The van der Waals surface area contributed by atoms with Crippen LogP contribution >= 0.6 is 0 Å². The van der Waals surface area contributed by atoms with Crippen LogP contribution in [0.3, 0.4) is 0 Å². The van der Waals surface area contributed by atoms with Gasteiger partial charge in [-0.25, -0.2) is 9.18 Å². The molecular weight excluding hydrogens is 319 g/mol. The number of halogens is 1. The van der Waals surface area contributed by atoms with Crippen molar-refractivity contribution < 1.29 is 13.9 Å². The van der Waals surface area contributed by atoms with Gasteiger partial charge in [-0.05, 0) is 54.7 Å². The lowest BCUT2D eigenvalue weighted by atomic mass is 9.96. The van der Waals surface area contributed by atoms with E-state index >= 15 is 0 Å². The SMILES string of the molecule is COc1ccc(CCNC(=O)NCC2(c3ccc(F)cc3)CC2)cc1. The second-order valence-electron chi connectivity index (χ2n) is 6.49. The summed E-state index contributed by atoms with van der Waals surface area (Å²) in [7, 11) is 1.64. The maximum absolute atomic E-state index is 13.0. The molecule has 1 saturated carbocycles. The Morgan fingerprint density at radius 3 is 2.36 bits per heavy atom. The first kappa shape index (κ1) is 17.3. The van der Waals surface area contributed by atoms with Gasteiger partial charge in [-0.2, -0.15) is 0 Å². The molecule has 2 amide bonds. The molecule has 0 bridgehead atoms. The van der Waals surface area contributed by atoms with Crippen LogP contribution in [0, 0.1) is 5.82 Å². The Balaban J connectivity index is 1.41. The first-order chi connectivity index (χ1) is 12.1. The van der Waals surface area contributed by atoms with Gasteiger partial charge < -0.3 is 15.4 Å². The molecule has 3 rings (SSSR count). The highest BCUT2D eigenvalue weighted by atomic mass is 19.1. The average Bonchev–Trinajstić information content (AvgIpc) is 3.42. The van der Waals surface area contributed by atoms with E-state index in [1.807, 2.05) is 36.4 Å². The first-order valence-corrected chi connectivity index (χ1v) is 8.52. The van der Waals surface area contributed by atoms with Gasteiger partial charge in [0, 0.05) is 18.5 Å². The Morgan fingerprint density at radius 2 is 1.76 bits per heavy atom. The highest BCUT2D eigenvalue weighted by Crippen LogP contribution is 2.47. The van der Waals surface area contributed by atoms with E-state index < -0.39 is 0 Å². The van der Waals surface area contributed by atoms with Crippen molar-refractivity contribution in [1.82, 2.24) is 10.6 Å². The molecule has 2 aromatic carbocycles. The molecule has 0 radical (unpaired) electrons. The number of ether oxygens (including phenoxy) is 1. The monoisotopic (exact) mass is 342 g/mol. The van der Waals surface area contributed by atoms with Crippen molar-refractivity contribution in [2.45, 2.75) is 24.7 Å². The van der Waals surface area contributed by atoms with Crippen LogP contribution in [0.15, 0.2) is 48.5 Å². The van der Waals surface area contributed by atoms with Crippen molar-refractivity contribution in [3.63, 3.8) is 0 Å². The van der Waals surface area contributed by atoms with Crippen molar-refractivity contribution in [3.8, 4) is 5.75 Å². The van der Waals surface area contributed by atoms with E-state index in [-0.39, 0.29) is 17.3 Å². The van der Waals surface area contributed by atoms with E-state index in [9.17, 15) is 9.18 Å². The third kappa shape index (κ3) is 4.50. The predicted octanol–water partition coefficient (Wildman–Crippen LogP) is 3.41. The number of hydrogen-bond acceptors (Lipinski definition) is 2. The Kier molecular flexibility index (Phi) is 5.22. The van der Waals surface area contributed by atoms with Gasteiger partial charge in [0.1, 0.15) is 11.6 Å². The lowest BCUT2D eigenvalue weighted by Crippen LogP contribution is -2.40. The Bertz CT molecular complexity index is 709. The molecule has 1 fully saturated rings. The zero-order valence-corrected chi connectivity index (χ0v) is 14.3. The summed E-state index contributed by atoms with van der Waals surface area (Å²) < 4.78 is 18.2. The Morgan fingerprint density at radius 1 is 1.08 bits per heavy atom. The van der Waals surface area contributed by atoms with Gasteiger partial charge in [0.05, 0.1) is 7.11 Å². The van der Waals surface area contributed by atoms with E-state index in [0.29, 0.717) is 13.1 Å². The van der Waals surface area contributed by atoms with Crippen molar-refractivity contribution in [1.29, 1.82) is 0 Å². The highest BCUT2D eigenvalue weighted by Gasteiger charge is 2.44. The number of urea groups is 1. The van der Waals surface area contributed by atoms with E-state index in [2.05, 4.69) is 10.6 Å². The second-order valence-corrected chi connectivity index (χ2v) is 6.49. The fraction of sp³-hybridized carbons (Fsp3) is 0.350. The lowest BCUT2D eigenvalue weighted by molar-refractivity contribution is 0.240. The molecule has 0 saturated heterocycles. The molecule has 1 aliphatic carbocycles. The van der Waals surface area contributed by atoms with Crippen LogP contribution in [0.2, 0.25) is 0 Å². The standard InChI is InChI=1S/C20H23FN2O2/c1-25-18-8-2-15(3-9-18)10-13-22-19(24)23-14-20(11-12-20)16-4-6-17(21)7-5-16/h2-9H,10-14H2,1H3,(H2,22,23,24). The summed E-state index contributed by atoms with van der Waals surface area (Å²) in [5, 5.41) is 5.82. The minimum absolute atomic E-state index is 0.0268. The van der Waals surface area contributed by atoms with Crippen LogP contribution in [0.5, 0.6) is 5.75 Å². The van der Waals surface area contributed by atoms with Gasteiger partial charge in [-0.3, -0.25) is 0 Å². The summed E-state index contributed by atoms with van der Waals surface area (Å²) >= 11 is 0. The number of methoxy groups -OCH3 is 1. The van der Waals surface area contributed by atoms with Crippen molar-refractivity contribution in [2.75, 3.05) is 20.2 Å². The molecule has 132 valence electrons. The minimum atomic E-state index is -0.233. The molecule has 2 aromatic rings. The van der Waals surface area contributed by atoms with E-state index in [1.165, 1.54) is 12.1 Å². The third-order valence-corrected chi connectivity index (χ3v) is 4.76. The number of carbonyl (C=O) groups is 1. The predicted molar refractivity (Wildman–Crippen MR) is 95.4 cm³/mol. The van der Waals surface area contributed by atoms with Gasteiger partial charge in [0.25, 0.3) is 0 Å².